The fourth-order valence-corrected chi connectivity index (χ4v) is 10.2. The Labute approximate surface area is 421 Å². The molecule has 366 valence electrons. The molecule has 3 aromatic carbocycles. The molecule has 1 aliphatic rings. The van der Waals surface area contributed by atoms with E-state index in [2.05, 4.69) is 87.6 Å². The first-order valence-electron chi connectivity index (χ1n) is 23.7. The zero-order valence-electron chi connectivity index (χ0n) is 39.2. The van der Waals surface area contributed by atoms with Crippen LogP contribution in [0.1, 0.15) is 53.4 Å². The number of hydrogen-bond donors (Lipinski definition) is 5. The van der Waals surface area contributed by atoms with Crippen LogP contribution in [-0.4, -0.2) is 113 Å². The number of carbonyl (C=O) groups is 2. The molecule has 0 unspecified atom stereocenters. The van der Waals surface area contributed by atoms with Gasteiger partial charge in [-0.2, -0.15) is 4.68 Å². The highest BCUT2D eigenvalue weighted by Crippen LogP contribution is 2.31. The summed E-state index contributed by atoms with van der Waals surface area (Å²) in [6.07, 6.45) is 5.69. The summed E-state index contributed by atoms with van der Waals surface area (Å²) in [5.74, 6) is 1.37. The van der Waals surface area contributed by atoms with Crippen LogP contribution in [0.3, 0.4) is 0 Å². The number of nitrogens with one attached hydrogen (secondary N) is 4. The maximum Gasteiger partial charge on any atom is 0.301 e. The molecule has 0 saturated carbocycles. The second-order valence-corrected chi connectivity index (χ2v) is 19.8. The van der Waals surface area contributed by atoms with Gasteiger partial charge >= 0.3 is 5.56 Å². The molecule has 0 radical (unpaired) electrons. The molecule has 22 heteroatoms. The van der Waals surface area contributed by atoms with Crippen LogP contribution in [0.5, 0.6) is 0 Å². The number of thiazole rings is 2. The Morgan fingerprint density at radius 2 is 1.66 bits per heavy atom. The highest BCUT2D eigenvalue weighted by molar-refractivity contribution is 7.99. The van der Waals surface area contributed by atoms with Gasteiger partial charge in [0.25, 0.3) is 5.91 Å². The summed E-state index contributed by atoms with van der Waals surface area (Å²) in [5, 5.41) is 33.3. The molecule has 0 spiro atoms. The fourth-order valence-electron chi connectivity index (χ4n) is 8.06. The number of hydrogen-bond acceptors (Lipinski definition) is 17. The minimum atomic E-state index is -0.412. The number of rotatable bonds is 22. The SMILES string of the molecule is CCCSc1nc(NCCN)c2nnn(Cc3ccc(CCCNC(=O)C4CCN(CCNC(=O)c5cnc(N=Nc6c(-c7ccccc7)[nH]n(-c7nc(-c8ccccc8)cs7)c6=O)s5)CC4)cc3)c2n1. The number of benzene rings is 3. The normalized spacial score (nSPS) is 13.3. The molecular weight excluding hydrogens is 957 g/mol. The lowest BCUT2D eigenvalue weighted by Gasteiger charge is -2.31. The number of aryl methyl sites for hydroxylation is 1. The van der Waals surface area contributed by atoms with Gasteiger partial charge in [-0.05, 0) is 56.3 Å². The molecule has 71 heavy (non-hydrogen) atoms. The maximum atomic E-state index is 13.8. The average molecular weight is 1010 g/mol. The van der Waals surface area contributed by atoms with E-state index in [-0.39, 0.29) is 28.6 Å². The van der Waals surface area contributed by atoms with Crippen LogP contribution in [0.2, 0.25) is 0 Å². The van der Waals surface area contributed by atoms with Gasteiger partial charge in [0.1, 0.15) is 4.88 Å². The van der Waals surface area contributed by atoms with Crippen molar-refractivity contribution in [2.24, 2.45) is 21.9 Å². The van der Waals surface area contributed by atoms with E-state index in [1.807, 2.05) is 70.7 Å². The Hall–Kier alpha value is -6.98. The maximum absolute atomic E-state index is 13.8. The minimum Gasteiger partial charge on any atom is -0.367 e. The van der Waals surface area contributed by atoms with Crippen LogP contribution in [0.4, 0.5) is 16.6 Å². The van der Waals surface area contributed by atoms with Crippen molar-refractivity contribution >= 4 is 74.1 Å². The van der Waals surface area contributed by atoms with Crippen molar-refractivity contribution < 1.29 is 9.59 Å². The van der Waals surface area contributed by atoms with Crippen molar-refractivity contribution in [3.8, 4) is 27.6 Å². The molecule has 1 fully saturated rings. The smallest absolute Gasteiger partial charge is 0.301 e. The predicted molar refractivity (Wildman–Crippen MR) is 279 cm³/mol. The minimum absolute atomic E-state index is 0.0327. The number of anilines is 1. The monoisotopic (exact) mass is 1010 g/mol. The summed E-state index contributed by atoms with van der Waals surface area (Å²) in [6.45, 7) is 6.98. The summed E-state index contributed by atoms with van der Waals surface area (Å²) >= 11 is 4.04. The highest BCUT2D eigenvalue weighted by atomic mass is 32.2. The van der Waals surface area contributed by atoms with Crippen LogP contribution in [0.25, 0.3) is 38.8 Å². The Morgan fingerprint density at radius 3 is 2.42 bits per heavy atom. The number of likely N-dealkylation sites (tertiary alicyclic amines) is 1. The largest absolute Gasteiger partial charge is 0.367 e. The molecule has 2 amide bonds. The van der Waals surface area contributed by atoms with Gasteiger partial charge in [-0.15, -0.1) is 26.7 Å². The van der Waals surface area contributed by atoms with Crippen molar-refractivity contribution in [1.29, 1.82) is 0 Å². The van der Waals surface area contributed by atoms with E-state index in [0.717, 1.165) is 84.7 Å². The van der Waals surface area contributed by atoms with E-state index in [0.29, 0.717) is 77.1 Å². The van der Waals surface area contributed by atoms with Gasteiger partial charge in [-0.1, -0.05) is 120 Å². The quantitative estimate of drug-likeness (QED) is 0.0192. The van der Waals surface area contributed by atoms with Crippen LogP contribution >= 0.6 is 34.4 Å². The van der Waals surface area contributed by atoms with Crippen molar-refractivity contribution in [3.63, 3.8) is 0 Å². The van der Waals surface area contributed by atoms with Gasteiger partial charge in [0.05, 0.1) is 24.1 Å². The molecule has 6 N–H and O–H groups in total. The van der Waals surface area contributed by atoms with Crippen LogP contribution in [0, 0.1) is 5.92 Å². The van der Waals surface area contributed by atoms with Crippen molar-refractivity contribution in [3.05, 3.63) is 123 Å². The number of aromatic amines is 1. The number of fused-ring (bicyclic) bond motifs is 1. The molecule has 0 bridgehead atoms. The zero-order valence-corrected chi connectivity index (χ0v) is 41.6. The molecule has 5 aromatic heterocycles. The Bertz CT molecular complexity index is 3120. The van der Waals surface area contributed by atoms with Crippen molar-refractivity contribution in [2.75, 3.05) is 56.9 Å². The van der Waals surface area contributed by atoms with Gasteiger partial charge in [0.15, 0.2) is 27.8 Å². The van der Waals surface area contributed by atoms with E-state index >= 15 is 0 Å². The summed E-state index contributed by atoms with van der Waals surface area (Å²) in [6, 6.07) is 27.6. The molecule has 1 saturated heterocycles. The predicted octanol–water partition coefficient (Wildman–Crippen LogP) is 7.47. The molecule has 0 atom stereocenters. The summed E-state index contributed by atoms with van der Waals surface area (Å²) < 4.78 is 3.18. The zero-order chi connectivity index (χ0) is 48.9. The first-order valence-corrected chi connectivity index (χ1v) is 26.3. The third kappa shape index (κ3) is 12.3. The Balaban J connectivity index is 0.697. The molecule has 1 aliphatic heterocycles. The lowest BCUT2D eigenvalue weighted by Crippen LogP contribution is -2.43. The standard InChI is InChI=1S/C49H54N16O3S3/c1-2-28-69-48-56-42(51-23-21-50)41-43(57-48)64(62-59-41)30-33-17-15-32(16-18-33)10-9-22-52-44(66)36-19-25-63(26-20-36)27-24-53-45(67)38-29-54-47(71-38)60-58-40-39(35-13-7-4-8-14-35)61-65(46(40)68)49-55-37(31-70-49)34-11-5-3-6-12-34/h3-8,11-18,29,31,36,61H,2,9-10,19-28,30,50H2,1H3,(H,52,66)(H,53,67)(H,51,56,57). The molecule has 19 nitrogen and oxygen atoms in total. The van der Waals surface area contributed by atoms with Gasteiger partial charge in [0, 0.05) is 60.9 Å². The number of amides is 2. The van der Waals surface area contributed by atoms with Gasteiger partial charge in [-0.25, -0.2) is 24.6 Å². The molecule has 8 aromatic rings. The molecule has 6 heterocycles. The number of azo groups is 1. The van der Waals surface area contributed by atoms with E-state index in [1.165, 1.54) is 27.8 Å². The number of nitrogens with two attached hydrogens (primary N) is 1. The number of nitrogens with zero attached hydrogens (tertiary/aromatic N) is 11. The van der Waals surface area contributed by atoms with Gasteiger partial charge < -0.3 is 26.6 Å². The van der Waals surface area contributed by atoms with Crippen LogP contribution in [-0.2, 0) is 17.8 Å². The van der Waals surface area contributed by atoms with Gasteiger partial charge in [0.2, 0.25) is 16.2 Å². The number of thioether (sulfide) groups is 1. The second kappa shape index (κ2) is 23.8. The first kappa shape index (κ1) is 49.0. The summed E-state index contributed by atoms with van der Waals surface area (Å²) in [4.78, 5) is 61.0. The lowest BCUT2D eigenvalue weighted by molar-refractivity contribution is -0.126. The molecule has 0 aliphatic carbocycles. The molecule has 9 rings (SSSR count). The first-order chi connectivity index (χ1) is 34.8. The topological polar surface area (TPSA) is 244 Å². The fraction of sp³-hybridized carbons (Fsp3) is 0.327. The third-order valence-corrected chi connectivity index (χ3v) is 14.6. The highest BCUT2D eigenvalue weighted by Gasteiger charge is 2.25. The van der Waals surface area contributed by atoms with Gasteiger partial charge in [-0.3, -0.25) is 19.5 Å². The summed E-state index contributed by atoms with van der Waals surface area (Å²) in [5.41, 5.74) is 12.0. The Morgan fingerprint density at radius 1 is 0.901 bits per heavy atom. The number of carbonyl (C=O) groups excluding carboxylic acids is 2. The summed E-state index contributed by atoms with van der Waals surface area (Å²) in [7, 11) is 0. The second-order valence-electron chi connectivity index (χ2n) is 16.9. The van der Waals surface area contributed by atoms with Crippen LogP contribution in [0.15, 0.2) is 117 Å². The van der Waals surface area contributed by atoms with E-state index < -0.39 is 5.56 Å². The van der Waals surface area contributed by atoms with Crippen molar-refractivity contribution in [1.82, 2.24) is 60.2 Å². The Kier molecular flexibility index (Phi) is 16.4. The van der Waals surface area contributed by atoms with E-state index in [4.69, 9.17) is 15.7 Å². The number of H-pyrrole nitrogens is 1. The lowest BCUT2D eigenvalue weighted by atomic mass is 9.96. The molecular formula is C49H54N16O3S3. The van der Waals surface area contributed by atoms with Crippen LogP contribution < -0.4 is 27.2 Å². The number of aromatic nitrogens is 9. The third-order valence-electron chi connectivity index (χ3n) is 11.8. The van der Waals surface area contributed by atoms with E-state index in [1.54, 1.807) is 11.8 Å². The average Bonchev–Trinajstić information content (AvgIpc) is 4.24. The van der Waals surface area contributed by atoms with E-state index in [9.17, 15) is 14.4 Å². The number of piperidine rings is 1. The van der Waals surface area contributed by atoms with Crippen molar-refractivity contribution in [2.45, 2.75) is 50.7 Å².